The summed E-state index contributed by atoms with van der Waals surface area (Å²) < 4.78 is 12.7. The molecule has 34 heavy (non-hydrogen) atoms. The molecule has 0 spiro atoms. The number of amides is 1. The van der Waals surface area contributed by atoms with Crippen LogP contribution in [0.15, 0.2) is 81.1 Å². The van der Waals surface area contributed by atoms with Crippen LogP contribution in [0.4, 0.5) is 11.4 Å². The molecule has 1 amide bonds. The number of nitrogen functional groups attached to an aromatic ring is 1. The summed E-state index contributed by atoms with van der Waals surface area (Å²) >= 11 is 3.50. The van der Waals surface area contributed by atoms with Gasteiger partial charge >= 0.3 is 0 Å². The zero-order valence-corrected chi connectivity index (χ0v) is 20.7. The van der Waals surface area contributed by atoms with Crippen molar-refractivity contribution in [3.8, 4) is 0 Å². The van der Waals surface area contributed by atoms with E-state index in [2.05, 4.69) is 22.9 Å². The standard InChI is InChI=1S/C26H27BrN4O3/c1-16-23(24(19-12-14-33-15-19)29-31(16)22-9-5-20(27)6-10-22)26-30(25(32)17(2)34-26)13-11-18-3-7-21(28)8-4-18/h3-10,12,14-17,23,26H,11,13,28H2,1-2H3/t16?,17-,23?,26+/m0/s1. The van der Waals surface area contributed by atoms with Crippen molar-refractivity contribution < 1.29 is 13.9 Å². The van der Waals surface area contributed by atoms with Gasteiger partial charge in [-0.05, 0) is 68.3 Å². The van der Waals surface area contributed by atoms with Crippen LogP contribution in [-0.4, -0.2) is 41.4 Å². The third kappa shape index (κ3) is 4.23. The summed E-state index contributed by atoms with van der Waals surface area (Å²) in [6.07, 6.45) is 3.12. The van der Waals surface area contributed by atoms with Gasteiger partial charge in [-0.15, -0.1) is 0 Å². The fraction of sp³-hybridized carbons (Fsp3) is 0.308. The molecule has 1 saturated heterocycles. The highest BCUT2D eigenvalue weighted by Gasteiger charge is 2.50. The molecule has 2 aromatic carbocycles. The van der Waals surface area contributed by atoms with Crippen LogP contribution in [0.25, 0.3) is 0 Å². The number of hydrogen-bond acceptors (Lipinski definition) is 6. The summed E-state index contributed by atoms with van der Waals surface area (Å²) in [5.41, 5.74) is 10.4. The Morgan fingerprint density at radius 1 is 1.06 bits per heavy atom. The number of carbonyl (C=O) groups excluding carboxylic acids is 1. The minimum absolute atomic E-state index is 0.00119. The van der Waals surface area contributed by atoms with Gasteiger partial charge in [-0.2, -0.15) is 5.10 Å². The van der Waals surface area contributed by atoms with Crippen molar-refractivity contribution in [2.75, 3.05) is 17.3 Å². The van der Waals surface area contributed by atoms with Crippen LogP contribution in [0.2, 0.25) is 0 Å². The van der Waals surface area contributed by atoms with Gasteiger partial charge in [0.2, 0.25) is 0 Å². The summed E-state index contributed by atoms with van der Waals surface area (Å²) in [6.45, 7) is 4.50. The van der Waals surface area contributed by atoms with E-state index in [1.165, 1.54) is 0 Å². The molecule has 2 N–H and O–H groups in total. The van der Waals surface area contributed by atoms with Crippen molar-refractivity contribution in [3.05, 3.63) is 82.7 Å². The number of hydrogen-bond donors (Lipinski definition) is 1. The number of nitrogens with two attached hydrogens (primary N) is 1. The Morgan fingerprint density at radius 2 is 1.79 bits per heavy atom. The Balaban J connectivity index is 1.46. The first-order valence-corrected chi connectivity index (χ1v) is 12.2. The number of anilines is 2. The summed E-state index contributed by atoms with van der Waals surface area (Å²) in [7, 11) is 0. The highest BCUT2D eigenvalue weighted by molar-refractivity contribution is 9.10. The van der Waals surface area contributed by atoms with E-state index in [1.807, 2.05) is 71.4 Å². The lowest BCUT2D eigenvalue weighted by Crippen LogP contribution is -2.47. The molecule has 7 nitrogen and oxygen atoms in total. The minimum atomic E-state index is -0.504. The summed E-state index contributed by atoms with van der Waals surface area (Å²) in [5.74, 6) is -0.150. The normalized spacial score (nSPS) is 24.7. The van der Waals surface area contributed by atoms with E-state index in [9.17, 15) is 4.79 Å². The Morgan fingerprint density at radius 3 is 2.47 bits per heavy atom. The van der Waals surface area contributed by atoms with Gasteiger partial charge < -0.3 is 19.8 Å². The maximum absolute atomic E-state index is 13.1. The van der Waals surface area contributed by atoms with Gasteiger partial charge in [-0.3, -0.25) is 9.80 Å². The van der Waals surface area contributed by atoms with Crippen molar-refractivity contribution in [1.82, 2.24) is 4.90 Å². The average molecular weight is 523 g/mol. The van der Waals surface area contributed by atoms with E-state index in [-0.39, 0.29) is 17.9 Å². The van der Waals surface area contributed by atoms with E-state index >= 15 is 0 Å². The second kappa shape index (κ2) is 9.27. The van der Waals surface area contributed by atoms with Crippen molar-refractivity contribution in [2.24, 2.45) is 11.0 Å². The van der Waals surface area contributed by atoms with Crippen molar-refractivity contribution in [3.63, 3.8) is 0 Å². The predicted molar refractivity (Wildman–Crippen MR) is 135 cm³/mol. The number of furan rings is 1. The molecule has 0 radical (unpaired) electrons. The molecule has 8 heteroatoms. The van der Waals surface area contributed by atoms with Gasteiger partial charge in [0.15, 0.2) is 0 Å². The number of benzene rings is 2. The minimum Gasteiger partial charge on any atom is -0.472 e. The van der Waals surface area contributed by atoms with E-state index in [1.54, 1.807) is 12.5 Å². The lowest BCUT2D eigenvalue weighted by molar-refractivity contribution is -0.130. The number of hydrazone groups is 1. The van der Waals surface area contributed by atoms with Crippen LogP contribution in [0.3, 0.4) is 0 Å². The lowest BCUT2D eigenvalue weighted by atomic mass is 9.90. The molecule has 3 aromatic rings. The van der Waals surface area contributed by atoms with Gasteiger partial charge in [0.1, 0.15) is 12.3 Å². The molecule has 0 saturated carbocycles. The monoisotopic (exact) mass is 522 g/mol. The van der Waals surface area contributed by atoms with Crippen LogP contribution in [-0.2, 0) is 16.0 Å². The number of ether oxygens (including phenoxy) is 1. The van der Waals surface area contributed by atoms with Gasteiger partial charge in [0.25, 0.3) is 5.91 Å². The topological polar surface area (TPSA) is 84.3 Å². The maximum Gasteiger partial charge on any atom is 0.253 e. The molecule has 2 aliphatic rings. The molecule has 3 heterocycles. The van der Waals surface area contributed by atoms with Crippen molar-refractivity contribution >= 4 is 38.9 Å². The van der Waals surface area contributed by atoms with Gasteiger partial charge in [0, 0.05) is 22.3 Å². The first kappa shape index (κ1) is 22.7. The Bertz CT molecular complexity index is 1180. The van der Waals surface area contributed by atoms with E-state index in [4.69, 9.17) is 20.0 Å². The van der Waals surface area contributed by atoms with Gasteiger partial charge in [-0.1, -0.05) is 28.1 Å². The number of nitrogens with zero attached hydrogens (tertiary/aromatic N) is 3. The molecule has 1 aromatic heterocycles. The Kier molecular flexibility index (Phi) is 6.18. The zero-order chi connectivity index (χ0) is 23.8. The summed E-state index contributed by atoms with van der Waals surface area (Å²) in [5, 5.41) is 7.00. The van der Waals surface area contributed by atoms with Crippen LogP contribution < -0.4 is 10.7 Å². The number of rotatable bonds is 6. The number of halogens is 1. The highest BCUT2D eigenvalue weighted by Crippen LogP contribution is 2.38. The average Bonchev–Trinajstić information content (AvgIpc) is 3.54. The Hall–Kier alpha value is -3.10. The van der Waals surface area contributed by atoms with Gasteiger partial charge in [0.05, 0.1) is 35.9 Å². The van der Waals surface area contributed by atoms with Crippen LogP contribution in [0, 0.1) is 5.92 Å². The first-order valence-electron chi connectivity index (χ1n) is 11.4. The van der Waals surface area contributed by atoms with Gasteiger partial charge in [-0.25, -0.2) is 0 Å². The highest BCUT2D eigenvalue weighted by atomic mass is 79.9. The molecule has 4 atom stereocenters. The smallest absolute Gasteiger partial charge is 0.253 e. The lowest BCUT2D eigenvalue weighted by Gasteiger charge is -2.32. The number of carbonyl (C=O) groups is 1. The largest absolute Gasteiger partial charge is 0.472 e. The molecule has 5 rings (SSSR count). The predicted octanol–water partition coefficient (Wildman–Crippen LogP) is 4.67. The Labute approximate surface area is 207 Å². The van der Waals surface area contributed by atoms with Crippen LogP contribution in [0.1, 0.15) is 25.0 Å². The van der Waals surface area contributed by atoms with E-state index in [0.717, 1.165) is 32.7 Å². The fourth-order valence-electron chi connectivity index (χ4n) is 4.72. The van der Waals surface area contributed by atoms with Crippen molar-refractivity contribution in [2.45, 2.75) is 38.6 Å². The fourth-order valence-corrected chi connectivity index (χ4v) is 4.99. The van der Waals surface area contributed by atoms with Crippen LogP contribution in [0.5, 0.6) is 0 Å². The van der Waals surface area contributed by atoms with E-state index < -0.39 is 12.3 Å². The molecule has 0 bridgehead atoms. The molecular weight excluding hydrogens is 496 g/mol. The molecular formula is C26H27BrN4O3. The maximum atomic E-state index is 13.1. The third-order valence-electron chi connectivity index (χ3n) is 6.55. The van der Waals surface area contributed by atoms with Crippen molar-refractivity contribution in [1.29, 1.82) is 0 Å². The quantitative estimate of drug-likeness (QED) is 0.475. The summed E-state index contributed by atoms with van der Waals surface area (Å²) in [4.78, 5) is 15.0. The molecule has 0 aliphatic carbocycles. The first-order chi connectivity index (χ1) is 16.4. The second-order valence-electron chi connectivity index (χ2n) is 8.78. The second-order valence-corrected chi connectivity index (χ2v) is 9.69. The molecule has 1 fully saturated rings. The summed E-state index contributed by atoms with van der Waals surface area (Å²) in [6, 6.07) is 17.7. The SMILES string of the molecule is CC1C([C@H]2O[C@@H](C)C(=O)N2CCc2ccc(N)cc2)C(c2ccoc2)=NN1c1ccc(Br)cc1. The molecule has 176 valence electrons. The third-order valence-corrected chi connectivity index (χ3v) is 7.08. The van der Waals surface area contributed by atoms with E-state index in [0.29, 0.717) is 13.0 Å². The van der Waals surface area contributed by atoms with Crippen LogP contribution >= 0.6 is 15.9 Å². The molecule has 2 unspecified atom stereocenters. The zero-order valence-electron chi connectivity index (χ0n) is 19.1. The molecule has 2 aliphatic heterocycles.